The molecule has 6 aromatic rings. The zero-order chi connectivity index (χ0) is 55.3. The first-order valence-electron chi connectivity index (χ1n) is 26.0. The van der Waals surface area contributed by atoms with E-state index >= 15 is 0 Å². The summed E-state index contributed by atoms with van der Waals surface area (Å²) in [5.74, 6) is 0.468. The van der Waals surface area contributed by atoms with E-state index < -0.39 is 46.1 Å². The van der Waals surface area contributed by atoms with E-state index in [4.69, 9.17) is 26.1 Å². The second-order valence-electron chi connectivity index (χ2n) is 22.6. The van der Waals surface area contributed by atoms with Crippen molar-refractivity contribution in [1.29, 1.82) is 5.26 Å². The van der Waals surface area contributed by atoms with E-state index in [0.29, 0.717) is 67.2 Å². The lowest BCUT2D eigenvalue weighted by atomic mass is 9.76. The molecule has 1 unspecified atom stereocenters. The number of aryl methyl sites for hydroxylation is 1. The number of nitrogens with zero attached hydrogens (tertiary/aromatic N) is 5. The van der Waals surface area contributed by atoms with Crippen LogP contribution in [0, 0.1) is 47.3 Å². The summed E-state index contributed by atoms with van der Waals surface area (Å²) in [4.78, 5) is 66.1. The van der Waals surface area contributed by atoms with Crippen molar-refractivity contribution in [2.24, 2.45) is 29.1 Å². The van der Waals surface area contributed by atoms with Crippen LogP contribution in [0.3, 0.4) is 0 Å². The van der Waals surface area contributed by atoms with Gasteiger partial charge in [0.2, 0.25) is 5.91 Å². The number of hydrogen-bond acceptors (Lipinski definition) is 11. The number of halogens is 3. The van der Waals surface area contributed by atoms with Gasteiger partial charge in [0.1, 0.15) is 22.6 Å². The average molecular weight is 1090 g/mol. The molecule has 0 radical (unpaired) electrons. The molecule has 12 nitrogen and oxygen atoms in total. The molecule has 1 aliphatic carbocycles. The van der Waals surface area contributed by atoms with Gasteiger partial charge >= 0.3 is 6.18 Å². The highest BCUT2D eigenvalue weighted by Crippen LogP contribution is 2.42. The molecule has 4 heterocycles. The van der Waals surface area contributed by atoms with Crippen molar-refractivity contribution in [3.8, 4) is 28.0 Å². The number of Topliss-reactive ketones (excluding diaryl/α,β-unsaturated/α-hetero) is 2. The first kappa shape index (κ1) is 54.9. The summed E-state index contributed by atoms with van der Waals surface area (Å²) in [7, 11) is 0. The van der Waals surface area contributed by atoms with Crippen LogP contribution >= 0.6 is 23.6 Å². The van der Waals surface area contributed by atoms with Gasteiger partial charge in [-0.3, -0.25) is 24.1 Å². The van der Waals surface area contributed by atoms with Gasteiger partial charge in [-0.2, -0.15) is 18.4 Å². The fourth-order valence-corrected chi connectivity index (χ4v) is 12.2. The number of hydrogen-bond donors (Lipinski definition) is 0. The number of ether oxygens (including phenoxy) is 2. The number of aromatic nitrogens is 1. The molecule has 0 spiro atoms. The number of thiazole rings is 1. The van der Waals surface area contributed by atoms with Crippen LogP contribution in [0.2, 0.25) is 0 Å². The Hall–Kier alpha value is -6.90. The van der Waals surface area contributed by atoms with Gasteiger partial charge in [0.15, 0.2) is 22.4 Å². The van der Waals surface area contributed by atoms with Crippen molar-refractivity contribution < 1.29 is 46.2 Å². The topological polar surface area (TPSA) is 146 Å². The SMILES string of the molecule is Cc1ncsc1-c1ccc([C@H](C)CC(=O)C2C[C@@H](C)CN2C(=O)[C@@H](CC(=O)c2cc3ccc(OCC4CC(COc5ccc(N6C(=S)N(c7ccc(C#N)c(C(F)(F)F)c7)C(=O)C6(C)C)cc5)C4)cc3o2)C(C)(C)C)cc1. The van der Waals surface area contributed by atoms with Crippen molar-refractivity contribution in [2.75, 3.05) is 29.6 Å². The third kappa shape index (κ3) is 11.4. The number of furan rings is 1. The molecule has 3 fully saturated rings. The van der Waals surface area contributed by atoms with Crippen LogP contribution in [0.5, 0.6) is 11.5 Å². The highest BCUT2D eigenvalue weighted by molar-refractivity contribution is 7.81. The summed E-state index contributed by atoms with van der Waals surface area (Å²) in [6, 6.07) is 26.6. The van der Waals surface area contributed by atoms with Gasteiger partial charge in [0, 0.05) is 36.5 Å². The molecule has 1 saturated carbocycles. The summed E-state index contributed by atoms with van der Waals surface area (Å²) in [5.41, 5.74) is 2.48. The third-order valence-corrected chi connectivity index (χ3v) is 16.8. The van der Waals surface area contributed by atoms with Crippen molar-refractivity contribution >= 4 is 74.4 Å². The molecule has 17 heteroatoms. The molecule has 2 amide bonds. The quantitative estimate of drug-likeness (QED) is 0.0635. The summed E-state index contributed by atoms with van der Waals surface area (Å²) in [6.45, 7) is 16.7. The lowest BCUT2D eigenvalue weighted by molar-refractivity contribution is -0.144. The van der Waals surface area contributed by atoms with Crippen LogP contribution in [-0.2, 0) is 20.6 Å². The maximum Gasteiger partial charge on any atom is 0.417 e. The smallest absolute Gasteiger partial charge is 0.417 e. The number of ketones is 2. The summed E-state index contributed by atoms with van der Waals surface area (Å²) in [6.07, 6.45) is -2.19. The Morgan fingerprint density at radius 3 is 2.17 bits per heavy atom. The first-order valence-corrected chi connectivity index (χ1v) is 27.3. The maximum absolute atomic E-state index is 14.5. The van der Waals surface area contributed by atoms with E-state index in [-0.39, 0.29) is 52.3 Å². The van der Waals surface area contributed by atoms with Gasteiger partial charge in [-0.15, -0.1) is 11.3 Å². The predicted molar refractivity (Wildman–Crippen MR) is 294 cm³/mol. The lowest BCUT2D eigenvalue weighted by Crippen LogP contribution is -2.47. The predicted octanol–water partition coefficient (Wildman–Crippen LogP) is 13.4. The molecular weight excluding hydrogens is 1020 g/mol. The highest BCUT2D eigenvalue weighted by Gasteiger charge is 2.51. The Balaban J connectivity index is 0.752. The normalized spacial score (nSPS) is 20.3. The van der Waals surface area contributed by atoms with Crippen LogP contribution in [0.15, 0.2) is 101 Å². The number of benzene rings is 4. The minimum atomic E-state index is -4.80. The van der Waals surface area contributed by atoms with Crippen molar-refractivity contribution in [1.82, 2.24) is 9.88 Å². The number of thiocarbonyl (C=S) groups is 1. The molecule has 2 aromatic heterocycles. The van der Waals surface area contributed by atoms with Crippen LogP contribution in [0.4, 0.5) is 24.5 Å². The molecule has 9 rings (SSSR count). The monoisotopic (exact) mass is 1090 g/mol. The van der Waals surface area contributed by atoms with E-state index in [0.717, 1.165) is 57.0 Å². The number of nitriles is 1. The van der Waals surface area contributed by atoms with E-state index in [9.17, 15) is 37.6 Å². The molecule has 0 N–H and O–H groups in total. The standard InChI is InChI=1S/C60H62F3N5O7S2/c1-34-21-49(50(69)22-35(2)39-9-11-40(12-10-39)54-36(3)65-33-77-54)66(30-34)55(71)48(58(4,5)6)28-51(70)53-25-41-14-18-46(27-52(41)75-53)74-32-38-23-37(24-38)31-73-45-19-16-43(17-20-45)68-57(76)67(56(72)59(68,7)8)44-15-13-42(29-64)47(26-44)60(61,62)63/h9-20,25-27,33-35,37-38,48-49H,21-24,28,30-32H2,1-8H3/t34-,35-,37?,38?,48-,49?/m1/s1. The molecule has 402 valence electrons. The summed E-state index contributed by atoms with van der Waals surface area (Å²) in [5, 5.41) is 10.00. The first-order chi connectivity index (χ1) is 36.4. The van der Waals surface area contributed by atoms with Gasteiger partial charge in [-0.25, -0.2) is 4.98 Å². The van der Waals surface area contributed by atoms with Gasteiger partial charge in [-0.05, 0) is 153 Å². The third-order valence-electron chi connectivity index (χ3n) is 15.4. The minimum Gasteiger partial charge on any atom is -0.493 e. The second-order valence-corrected chi connectivity index (χ2v) is 23.9. The Labute approximate surface area is 456 Å². The zero-order valence-corrected chi connectivity index (χ0v) is 46.0. The van der Waals surface area contributed by atoms with E-state index in [1.165, 1.54) is 6.07 Å². The fourth-order valence-electron chi connectivity index (χ4n) is 10.9. The lowest BCUT2D eigenvalue weighted by Gasteiger charge is -2.35. The number of carbonyl (C=O) groups is 4. The number of fused-ring (bicyclic) bond motifs is 1. The highest BCUT2D eigenvalue weighted by atomic mass is 32.1. The van der Waals surface area contributed by atoms with Gasteiger partial charge < -0.3 is 23.7 Å². The molecule has 4 atom stereocenters. The van der Waals surface area contributed by atoms with Gasteiger partial charge in [-0.1, -0.05) is 58.9 Å². The van der Waals surface area contributed by atoms with Crippen molar-refractivity contribution in [2.45, 2.75) is 111 Å². The number of likely N-dealkylation sites (tertiary alicyclic amines) is 1. The summed E-state index contributed by atoms with van der Waals surface area (Å²) >= 11 is 7.28. The van der Waals surface area contributed by atoms with E-state index in [2.05, 4.69) is 36.2 Å². The number of anilines is 2. The number of rotatable bonds is 17. The Kier molecular flexibility index (Phi) is 15.3. The van der Waals surface area contributed by atoms with Crippen LogP contribution in [0.25, 0.3) is 21.4 Å². The van der Waals surface area contributed by atoms with Gasteiger partial charge in [0.05, 0.1) is 64.1 Å². The fraction of sp³-hybridized carbons (Fsp3) is 0.417. The Morgan fingerprint density at radius 1 is 0.896 bits per heavy atom. The molecule has 2 aliphatic heterocycles. The van der Waals surface area contributed by atoms with Crippen molar-refractivity contribution in [3.05, 3.63) is 125 Å². The van der Waals surface area contributed by atoms with Crippen LogP contribution < -0.4 is 19.3 Å². The molecule has 4 aromatic carbocycles. The van der Waals surface area contributed by atoms with Crippen molar-refractivity contribution in [3.63, 3.8) is 0 Å². The molecule has 0 bridgehead atoms. The average Bonchev–Trinajstić information content (AvgIpc) is 4.19. The minimum absolute atomic E-state index is 0.00738. The number of amides is 2. The molecule has 2 saturated heterocycles. The Bertz CT molecular complexity index is 3280. The van der Waals surface area contributed by atoms with Crippen LogP contribution in [-0.4, -0.2) is 69.7 Å². The van der Waals surface area contributed by atoms with E-state index in [1.54, 1.807) is 77.5 Å². The van der Waals surface area contributed by atoms with Crippen LogP contribution in [0.1, 0.15) is 119 Å². The largest absolute Gasteiger partial charge is 0.493 e. The Morgan fingerprint density at radius 2 is 1.55 bits per heavy atom. The number of alkyl halides is 3. The number of carbonyl (C=O) groups excluding carboxylic acids is 4. The zero-order valence-electron chi connectivity index (χ0n) is 44.4. The molecule has 3 aliphatic rings. The van der Waals surface area contributed by atoms with E-state index in [1.807, 2.05) is 52.3 Å². The second kappa shape index (κ2) is 21.5. The maximum atomic E-state index is 14.5. The summed E-state index contributed by atoms with van der Waals surface area (Å²) < 4.78 is 59.8. The molecule has 77 heavy (non-hydrogen) atoms. The van der Waals surface area contributed by atoms with Gasteiger partial charge in [0.25, 0.3) is 5.91 Å². The molecular formula is C60H62F3N5O7S2.